The fraction of sp³-hybridized carbons (Fsp3) is 0.688. The highest BCUT2D eigenvalue weighted by Gasteiger charge is 2.45. The van der Waals surface area contributed by atoms with Crippen molar-refractivity contribution >= 4 is 17.2 Å². The molecule has 1 aromatic heterocycles. The number of rotatable bonds is 4. The van der Waals surface area contributed by atoms with Crippen LogP contribution in [-0.2, 0) is 9.53 Å². The summed E-state index contributed by atoms with van der Waals surface area (Å²) in [4.78, 5) is 14.9. The van der Waals surface area contributed by atoms with Crippen LogP contribution in [-0.4, -0.2) is 36.1 Å². The molecule has 3 rings (SSSR count). The van der Waals surface area contributed by atoms with Gasteiger partial charge in [0.1, 0.15) is 6.17 Å². The smallest absolute Gasteiger partial charge is 0.241 e. The Morgan fingerprint density at radius 2 is 2.24 bits per heavy atom. The van der Waals surface area contributed by atoms with E-state index in [4.69, 9.17) is 4.74 Å². The summed E-state index contributed by atoms with van der Waals surface area (Å²) >= 11 is 1.68. The molecular weight excluding hydrogens is 284 g/mol. The van der Waals surface area contributed by atoms with E-state index >= 15 is 0 Å². The Hall–Kier alpha value is -0.910. The highest BCUT2D eigenvalue weighted by atomic mass is 32.1. The van der Waals surface area contributed by atoms with E-state index in [0.717, 1.165) is 19.6 Å². The van der Waals surface area contributed by atoms with Crippen molar-refractivity contribution in [3.8, 4) is 0 Å². The summed E-state index contributed by atoms with van der Waals surface area (Å²) in [7, 11) is 0. The average molecular weight is 308 g/mol. The highest BCUT2D eigenvalue weighted by molar-refractivity contribution is 7.07. The Balaban J connectivity index is 1.87. The van der Waals surface area contributed by atoms with Crippen molar-refractivity contribution < 1.29 is 9.53 Å². The molecule has 0 bridgehead atoms. The lowest BCUT2D eigenvalue weighted by Crippen LogP contribution is -2.43. The largest absolute Gasteiger partial charge is 0.381 e. The number of thiophene rings is 1. The van der Waals surface area contributed by atoms with E-state index in [0.29, 0.717) is 11.8 Å². The third-order valence-electron chi connectivity index (χ3n) is 4.75. The van der Waals surface area contributed by atoms with Crippen LogP contribution < -0.4 is 5.32 Å². The van der Waals surface area contributed by atoms with Crippen LogP contribution in [0.25, 0.3) is 0 Å². The number of carbonyl (C=O) groups is 1. The summed E-state index contributed by atoms with van der Waals surface area (Å²) in [5.74, 6) is 0.985. The van der Waals surface area contributed by atoms with Crippen LogP contribution in [0.1, 0.15) is 38.9 Å². The topological polar surface area (TPSA) is 41.6 Å². The predicted octanol–water partition coefficient (Wildman–Crippen LogP) is 2.63. The second-order valence-corrected chi connectivity index (χ2v) is 7.24. The quantitative estimate of drug-likeness (QED) is 0.929. The van der Waals surface area contributed by atoms with Gasteiger partial charge in [0.05, 0.1) is 12.6 Å². The molecule has 2 aliphatic heterocycles. The first-order chi connectivity index (χ1) is 10.1. The summed E-state index contributed by atoms with van der Waals surface area (Å²) in [5, 5.41) is 7.75. The minimum atomic E-state index is -0.0836. The van der Waals surface area contributed by atoms with Gasteiger partial charge in [-0.3, -0.25) is 10.1 Å². The van der Waals surface area contributed by atoms with Crippen molar-refractivity contribution in [2.24, 2.45) is 11.8 Å². The monoisotopic (exact) mass is 308 g/mol. The van der Waals surface area contributed by atoms with E-state index in [9.17, 15) is 4.79 Å². The minimum absolute atomic E-state index is 0.00625. The Morgan fingerprint density at radius 3 is 2.81 bits per heavy atom. The van der Waals surface area contributed by atoms with E-state index < -0.39 is 0 Å². The van der Waals surface area contributed by atoms with Gasteiger partial charge in [-0.2, -0.15) is 11.3 Å². The lowest BCUT2D eigenvalue weighted by molar-refractivity contribution is -0.133. The second-order valence-electron chi connectivity index (χ2n) is 6.46. The van der Waals surface area contributed by atoms with Crippen LogP contribution in [0.3, 0.4) is 0 Å². The van der Waals surface area contributed by atoms with E-state index in [2.05, 4.69) is 47.8 Å². The molecule has 2 aliphatic rings. The SMILES string of the molecule is CC(C)C1NC(c2ccsc2)N(C(C)C2CCOC2)C1=O. The lowest BCUT2D eigenvalue weighted by Gasteiger charge is -2.33. The third-order valence-corrected chi connectivity index (χ3v) is 5.45. The minimum Gasteiger partial charge on any atom is -0.381 e. The van der Waals surface area contributed by atoms with Crippen molar-refractivity contribution in [2.45, 2.75) is 45.4 Å². The summed E-state index contributed by atoms with van der Waals surface area (Å²) in [6, 6.07) is 2.24. The van der Waals surface area contributed by atoms with Crippen molar-refractivity contribution in [2.75, 3.05) is 13.2 Å². The number of nitrogens with zero attached hydrogens (tertiary/aromatic N) is 1. The Morgan fingerprint density at radius 1 is 1.43 bits per heavy atom. The summed E-state index contributed by atoms with van der Waals surface area (Å²) in [6.07, 6.45) is 1.06. The van der Waals surface area contributed by atoms with Crippen LogP contribution >= 0.6 is 11.3 Å². The van der Waals surface area contributed by atoms with Crippen molar-refractivity contribution in [1.29, 1.82) is 0 Å². The molecule has 0 radical (unpaired) electrons. The first-order valence-corrected chi connectivity index (χ1v) is 8.72. The molecule has 116 valence electrons. The van der Waals surface area contributed by atoms with Gasteiger partial charge in [-0.15, -0.1) is 0 Å². The Bertz CT molecular complexity index is 482. The van der Waals surface area contributed by atoms with Crippen LogP contribution in [0.5, 0.6) is 0 Å². The molecule has 4 atom stereocenters. The Labute approximate surface area is 130 Å². The summed E-state index contributed by atoms with van der Waals surface area (Å²) in [6.45, 7) is 7.97. The highest BCUT2D eigenvalue weighted by Crippen LogP contribution is 2.34. The number of hydrogen-bond donors (Lipinski definition) is 1. The van der Waals surface area contributed by atoms with Gasteiger partial charge in [0.15, 0.2) is 0 Å². The molecule has 1 N–H and O–H groups in total. The second kappa shape index (κ2) is 6.07. The maximum Gasteiger partial charge on any atom is 0.241 e. The molecule has 0 saturated carbocycles. The van der Waals surface area contributed by atoms with Gasteiger partial charge in [0.25, 0.3) is 0 Å². The standard InChI is InChI=1S/C16H24N2O2S/c1-10(2)14-16(19)18(11(3)12-4-6-20-8-12)15(17-14)13-5-7-21-9-13/h5,7,9-12,14-15,17H,4,6,8H2,1-3H3. The molecule has 0 aliphatic carbocycles. The normalized spacial score (nSPS) is 31.3. The molecule has 5 heteroatoms. The first kappa shape index (κ1) is 15.0. The van der Waals surface area contributed by atoms with Crippen molar-refractivity contribution in [1.82, 2.24) is 10.2 Å². The fourth-order valence-electron chi connectivity index (χ4n) is 3.37. The zero-order valence-electron chi connectivity index (χ0n) is 12.9. The molecule has 0 spiro atoms. The number of nitrogens with one attached hydrogen (secondary N) is 1. The average Bonchev–Trinajstić information content (AvgIpc) is 3.18. The number of ether oxygens (including phenoxy) is 1. The van der Waals surface area contributed by atoms with E-state index in [1.165, 1.54) is 5.56 Å². The number of hydrogen-bond acceptors (Lipinski definition) is 4. The molecule has 1 amide bonds. The lowest BCUT2D eigenvalue weighted by atomic mass is 9.97. The first-order valence-electron chi connectivity index (χ1n) is 7.77. The van der Waals surface area contributed by atoms with Gasteiger partial charge in [-0.05, 0) is 41.7 Å². The molecule has 2 fully saturated rings. The van der Waals surface area contributed by atoms with Crippen LogP contribution in [0.4, 0.5) is 0 Å². The Kier molecular flexibility index (Phi) is 4.33. The molecule has 1 aromatic rings. The maximum absolute atomic E-state index is 12.9. The van der Waals surface area contributed by atoms with Crippen molar-refractivity contribution in [3.63, 3.8) is 0 Å². The van der Waals surface area contributed by atoms with Gasteiger partial charge >= 0.3 is 0 Å². The fourth-order valence-corrected chi connectivity index (χ4v) is 4.05. The van der Waals surface area contributed by atoms with E-state index in [1.807, 2.05) is 0 Å². The van der Waals surface area contributed by atoms with Crippen LogP contribution in [0.15, 0.2) is 16.8 Å². The summed E-state index contributed by atoms with van der Waals surface area (Å²) < 4.78 is 5.52. The van der Waals surface area contributed by atoms with Gasteiger partial charge in [-0.1, -0.05) is 13.8 Å². The van der Waals surface area contributed by atoms with Crippen LogP contribution in [0, 0.1) is 11.8 Å². The number of carbonyl (C=O) groups excluding carboxylic acids is 1. The number of amides is 1. The van der Waals surface area contributed by atoms with Crippen molar-refractivity contribution in [3.05, 3.63) is 22.4 Å². The maximum atomic E-state index is 12.9. The zero-order chi connectivity index (χ0) is 15.0. The molecular formula is C16H24N2O2S. The van der Waals surface area contributed by atoms with E-state index in [-0.39, 0.29) is 24.2 Å². The summed E-state index contributed by atoms with van der Waals surface area (Å²) in [5.41, 5.74) is 1.20. The van der Waals surface area contributed by atoms with E-state index in [1.54, 1.807) is 11.3 Å². The van der Waals surface area contributed by atoms with Gasteiger partial charge in [-0.25, -0.2) is 0 Å². The molecule has 0 aromatic carbocycles. The zero-order valence-corrected chi connectivity index (χ0v) is 13.7. The molecule has 21 heavy (non-hydrogen) atoms. The predicted molar refractivity (Wildman–Crippen MR) is 84.1 cm³/mol. The van der Waals surface area contributed by atoms with Gasteiger partial charge in [0, 0.05) is 18.6 Å². The molecule has 4 unspecified atom stereocenters. The van der Waals surface area contributed by atoms with Crippen LogP contribution in [0.2, 0.25) is 0 Å². The van der Waals surface area contributed by atoms with Gasteiger partial charge < -0.3 is 9.64 Å². The third kappa shape index (κ3) is 2.74. The molecule has 4 nitrogen and oxygen atoms in total. The van der Waals surface area contributed by atoms with Gasteiger partial charge in [0.2, 0.25) is 5.91 Å². The molecule has 3 heterocycles. The molecule has 2 saturated heterocycles.